The molecule has 0 aromatic rings. The van der Waals surface area contributed by atoms with Gasteiger partial charge in [-0.15, -0.1) is 0 Å². The Labute approximate surface area is 102 Å². The van der Waals surface area contributed by atoms with Gasteiger partial charge in [0.2, 0.25) is 0 Å². The SMILES string of the molecule is CCCC[N+](C)(CC)CCCC.[I-]. The van der Waals surface area contributed by atoms with Crippen LogP contribution in [-0.2, 0) is 0 Å². The number of halogens is 1. The maximum Gasteiger partial charge on any atom is 0.0784 e. The summed E-state index contributed by atoms with van der Waals surface area (Å²) in [4.78, 5) is 0. The van der Waals surface area contributed by atoms with Crippen LogP contribution in [0.4, 0.5) is 0 Å². The normalized spacial score (nSPS) is 11.1. The number of unbranched alkanes of at least 4 members (excludes halogenated alkanes) is 2. The van der Waals surface area contributed by atoms with Crippen molar-refractivity contribution in [1.29, 1.82) is 0 Å². The lowest BCUT2D eigenvalue weighted by atomic mass is 10.2. The highest BCUT2D eigenvalue weighted by Gasteiger charge is 2.16. The van der Waals surface area contributed by atoms with Gasteiger partial charge in [-0.2, -0.15) is 0 Å². The summed E-state index contributed by atoms with van der Waals surface area (Å²) in [5.74, 6) is 0. The van der Waals surface area contributed by atoms with Crippen molar-refractivity contribution in [2.75, 3.05) is 26.7 Å². The molecule has 0 heterocycles. The molecule has 0 amide bonds. The summed E-state index contributed by atoms with van der Waals surface area (Å²) in [6, 6.07) is 0. The van der Waals surface area contributed by atoms with E-state index in [4.69, 9.17) is 0 Å². The Morgan fingerprint density at radius 1 is 0.846 bits per heavy atom. The van der Waals surface area contributed by atoms with E-state index >= 15 is 0 Å². The van der Waals surface area contributed by atoms with E-state index in [1.54, 1.807) is 0 Å². The quantitative estimate of drug-likeness (QED) is 0.461. The second kappa shape index (κ2) is 9.25. The highest BCUT2D eigenvalue weighted by Crippen LogP contribution is 2.07. The van der Waals surface area contributed by atoms with Crippen molar-refractivity contribution in [3.05, 3.63) is 0 Å². The minimum Gasteiger partial charge on any atom is -1.00 e. The largest absolute Gasteiger partial charge is 1.00 e. The average Bonchev–Trinajstić information content (AvgIpc) is 2.11. The molecule has 0 radical (unpaired) electrons. The van der Waals surface area contributed by atoms with E-state index in [1.807, 2.05) is 0 Å². The zero-order valence-corrected chi connectivity index (χ0v) is 11.9. The Balaban J connectivity index is 0. The first-order valence-electron chi connectivity index (χ1n) is 5.52. The Hall–Kier alpha value is 0.690. The van der Waals surface area contributed by atoms with Crippen LogP contribution in [0, 0.1) is 0 Å². The van der Waals surface area contributed by atoms with Gasteiger partial charge in [-0.25, -0.2) is 0 Å². The van der Waals surface area contributed by atoms with Crippen LogP contribution in [0.3, 0.4) is 0 Å². The highest BCUT2D eigenvalue weighted by atomic mass is 127. The molecule has 1 nitrogen and oxygen atoms in total. The number of hydrogen-bond acceptors (Lipinski definition) is 0. The van der Waals surface area contributed by atoms with Crippen molar-refractivity contribution in [1.82, 2.24) is 0 Å². The lowest BCUT2D eigenvalue weighted by molar-refractivity contribution is -0.908. The van der Waals surface area contributed by atoms with Crippen molar-refractivity contribution in [3.8, 4) is 0 Å². The monoisotopic (exact) mass is 299 g/mol. The molecule has 82 valence electrons. The fraction of sp³-hybridized carbons (Fsp3) is 1.00. The minimum absolute atomic E-state index is 0. The molecule has 0 aliphatic heterocycles. The first-order chi connectivity index (χ1) is 5.68. The molecular formula is C11H26IN. The van der Waals surface area contributed by atoms with Crippen LogP contribution in [0.5, 0.6) is 0 Å². The van der Waals surface area contributed by atoms with E-state index in [-0.39, 0.29) is 24.0 Å². The number of rotatable bonds is 7. The predicted molar refractivity (Wildman–Crippen MR) is 56.3 cm³/mol. The van der Waals surface area contributed by atoms with Crippen LogP contribution in [0.25, 0.3) is 0 Å². The third-order valence-electron chi connectivity index (χ3n) is 2.87. The fourth-order valence-electron chi connectivity index (χ4n) is 1.51. The molecule has 0 spiro atoms. The maximum absolute atomic E-state index is 2.39. The zero-order valence-electron chi connectivity index (χ0n) is 9.77. The zero-order chi connectivity index (χ0) is 9.45. The molecule has 0 aliphatic rings. The molecule has 0 rings (SSSR count). The first kappa shape index (κ1) is 16.1. The number of nitrogens with zero attached hydrogens (tertiary/aromatic N) is 1. The molecule has 0 bridgehead atoms. The topological polar surface area (TPSA) is 0 Å². The summed E-state index contributed by atoms with van der Waals surface area (Å²) in [6.07, 6.45) is 5.43. The number of hydrogen-bond donors (Lipinski definition) is 0. The van der Waals surface area contributed by atoms with Crippen LogP contribution in [0.2, 0.25) is 0 Å². The van der Waals surface area contributed by atoms with Gasteiger partial charge in [0.15, 0.2) is 0 Å². The molecule has 0 atom stereocenters. The van der Waals surface area contributed by atoms with Crippen molar-refractivity contribution < 1.29 is 28.5 Å². The fourth-order valence-corrected chi connectivity index (χ4v) is 1.51. The summed E-state index contributed by atoms with van der Waals surface area (Å²) in [5, 5.41) is 0. The van der Waals surface area contributed by atoms with E-state index in [0.717, 1.165) is 0 Å². The van der Waals surface area contributed by atoms with Gasteiger partial charge in [-0.1, -0.05) is 26.7 Å². The molecule has 0 unspecified atom stereocenters. The Bertz CT molecular complexity index is 96.3. The highest BCUT2D eigenvalue weighted by molar-refractivity contribution is 4.40. The molecule has 0 saturated carbocycles. The van der Waals surface area contributed by atoms with Gasteiger partial charge < -0.3 is 28.5 Å². The Kier molecular flexibility index (Phi) is 11.5. The Morgan fingerprint density at radius 3 is 1.46 bits per heavy atom. The minimum atomic E-state index is 0. The van der Waals surface area contributed by atoms with Crippen LogP contribution in [-0.4, -0.2) is 31.2 Å². The van der Waals surface area contributed by atoms with E-state index in [1.165, 1.54) is 49.8 Å². The van der Waals surface area contributed by atoms with E-state index in [0.29, 0.717) is 0 Å². The van der Waals surface area contributed by atoms with Crippen LogP contribution in [0.15, 0.2) is 0 Å². The number of quaternary nitrogens is 1. The van der Waals surface area contributed by atoms with Crippen molar-refractivity contribution in [2.45, 2.75) is 46.5 Å². The van der Waals surface area contributed by atoms with Gasteiger partial charge in [0.05, 0.1) is 26.7 Å². The summed E-state index contributed by atoms with van der Waals surface area (Å²) in [7, 11) is 2.39. The van der Waals surface area contributed by atoms with Crippen molar-refractivity contribution in [2.24, 2.45) is 0 Å². The molecule has 0 aliphatic carbocycles. The van der Waals surface area contributed by atoms with Crippen molar-refractivity contribution in [3.63, 3.8) is 0 Å². The summed E-state index contributed by atoms with van der Waals surface area (Å²) >= 11 is 0. The average molecular weight is 299 g/mol. The lowest BCUT2D eigenvalue weighted by Crippen LogP contribution is -3.00. The van der Waals surface area contributed by atoms with Crippen LogP contribution in [0.1, 0.15) is 46.5 Å². The molecule has 2 heteroatoms. The van der Waals surface area contributed by atoms with Gasteiger partial charge in [0.25, 0.3) is 0 Å². The standard InChI is InChI=1S/C11H26N.HI/c1-5-8-10-12(4,7-3)11-9-6-2;/h5-11H2,1-4H3;1H/q+1;/p-1. The second-order valence-corrected chi connectivity index (χ2v) is 4.09. The summed E-state index contributed by atoms with van der Waals surface area (Å²) < 4.78 is 1.28. The van der Waals surface area contributed by atoms with E-state index < -0.39 is 0 Å². The smallest absolute Gasteiger partial charge is 0.0784 e. The molecular weight excluding hydrogens is 273 g/mol. The van der Waals surface area contributed by atoms with Crippen molar-refractivity contribution >= 4 is 0 Å². The van der Waals surface area contributed by atoms with Crippen LogP contribution >= 0.6 is 0 Å². The maximum atomic E-state index is 2.39. The molecule has 0 aromatic heterocycles. The van der Waals surface area contributed by atoms with Gasteiger partial charge in [0.1, 0.15) is 0 Å². The van der Waals surface area contributed by atoms with Gasteiger partial charge in [-0.3, -0.25) is 0 Å². The Morgan fingerprint density at radius 2 is 1.23 bits per heavy atom. The predicted octanol–water partition coefficient (Wildman–Crippen LogP) is 0.0571. The molecule has 0 saturated heterocycles. The molecule has 13 heavy (non-hydrogen) atoms. The van der Waals surface area contributed by atoms with Gasteiger partial charge >= 0.3 is 0 Å². The first-order valence-corrected chi connectivity index (χ1v) is 5.52. The molecule has 0 aromatic carbocycles. The van der Waals surface area contributed by atoms with E-state index in [2.05, 4.69) is 27.8 Å². The lowest BCUT2D eigenvalue weighted by Gasteiger charge is -2.33. The third-order valence-corrected chi connectivity index (χ3v) is 2.87. The van der Waals surface area contributed by atoms with Crippen LogP contribution < -0.4 is 24.0 Å². The third kappa shape index (κ3) is 7.74. The second-order valence-electron chi connectivity index (χ2n) is 4.09. The molecule has 0 fully saturated rings. The van der Waals surface area contributed by atoms with Gasteiger partial charge in [-0.05, 0) is 19.8 Å². The summed E-state index contributed by atoms with van der Waals surface area (Å²) in [6.45, 7) is 10.9. The van der Waals surface area contributed by atoms with Gasteiger partial charge in [0, 0.05) is 0 Å². The van der Waals surface area contributed by atoms with E-state index in [9.17, 15) is 0 Å². The molecule has 0 N–H and O–H groups in total. The summed E-state index contributed by atoms with van der Waals surface area (Å²) in [5.41, 5.74) is 0.